The van der Waals surface area contributed by atoms with E-state index < -0.39 is 0 Å². The summed E-state index contributed by atoms with van der Waals surface area (Å²) in [6, 6.07) is 5.64. The first-order valence-corrected chi connectivity index (χ1v) is 4.62. The Balaban J connectivity index is 2.36. The fourth-order valence-electron chi connectivity index (χ4n) is 1.27. The number of hydrogen-bond donors (Lipinski definition) is 0. The van der Waals surface area contributed by atoms with Crippen molar-refractivity contribution in [2.75, 3.05) is 0 Å². The van der Waals surface area contributed by atoms with E-state index in [4.69, 9.17) is 4.42 Å². The standard InChI is InChI=1S/C12H8FNO2/c13-11-3-1-9(2-4-11)10(8-15)7-12-14-5-6-16-12/h1-8H/b10-7+. The van der Waals surface area contributed by atoms with Gasteiger partial charge in [0.2, 0.25) is 5.89 Å². The number of rotatable bonds is 3. The lowest BCUT2D eigenvalue weighted by molar-refractivity contribution is -0.103. The SMILES string of the molecule is O=C/C(=C\c1ncco1)c1ccc(F)cc1. The highest BCUT2D eigenvalue weighted by atomic mass is 19.1. The molecular formula is C12H8FNO2. The molecule has 0 saturated carbocycles. The van der Waals surface area contributed by atoms with Crippen LogP contribution in [-0.2, 0) is 4.79 Å². The van der Waals surface area contributed by atoms with Crippen molar-refractivity contribution in [3.05, 3.63) is 54.0 Å². The van der Waals surface area contributed by atoms with Gasteiger partial charge in [-0.15, -0.1) is 0 Å². The van der Waals surface area contributed by atoms with Gasteiger partial charge in [0.05, 0.1) is 6.20 Å². The number of carbonyl (C=O) groups excluding carboxylic acids is 1. The Morgan fingerprint density at radius 2 is 2.06 bits per heavy atom. The Kier molecular flexibility index (Phi) is 2.91. The van der Waals surface area contributed by atoms with E-state index in [-0.39, 0.29) is 5.82 Å². The summed E-state index contributed by atoms with van der Waals surface area (Å²) in [5, 5.41) is 0. The zero-order valence-corrected chi connectivity index (χ0v) is 8.26. The van der Waals surface area contributed by atoms with Crippen LogP contribution in [0.5, 0.6) is 0 Å². The number of hydrogen-bond acceptors (Lipinski definition) is 3. The van der Waals surface area contributed by atoms with Crippen LogP contribution in [0.15, 0.2) is 41.1 Å². The maximum Gasteiger partial charge on any atom is 0.219 e. The predicted octanol–water partition coefficient (Wildman–Crippen LogP) is 2.55. The molecule has 0 fully saturated rings. The third-order valence-electron chi connectivity index (χ3n) is 2.03. The highest BCUT2D eigenvalue weighted by Crippen LogP contribution is 2.15. The van der Waals surface area contributed by atoms with E-state index in [2.05, 4.69) is 4.98 Å². The van der Waals surface area contributed by atoms with E-state index in [1.807, 2.05) is 0 Å². The summed E-state index contributed by atoms with van der Waals surface area (Å²) < 4.78 is 17.7. The molecule has 4 heteroatoms. The monoisotopic (exact) mass is 217 g/mol. The molecule has 0 radical (unpaired) electrons. The minimum atomic E-state index is -0.342. The smallest absolute Gasteiger partial charge is 0.219 e. The van der Waals surface area contributed by atoms with Crippen LogP contribution in [0.1, 0.15) is 11.5 Å². The van der Waals surface area contributed by atoms with Crippen LogP contribution in [0, 0.1) is 5.82 Å². The summed E-state index contributed by atoms with van der Waals surface area (Å²) >= 11 is 0. The molecule has 0 aliphatic carbocycles. The summed E-state index contributed by atoms with van der Waals surface area (Å²) in [4.78, 5) is 14.8. The van der Waals surface area contributed by atoms with E-state index in [0.29, 0.717) is 23.3 Å². The lowest BCUT2D eigenvalue weighted by Gasteiger charge is -1.98. The molecule has 1 aromatic heterocycles. The van der Waals surface area contributed by atoms with Crippen molar-refractivity contribution in [2.24, 2.45) is 0 Å². The average molecular weight is 217 g/mol. The van der Waals surface area contributed by atoms with E-state index in [1.165, 1.54) is 42.8 Å². The van der Waals surface area contributed by atoms with Gasteiger partial charge < -0.3 is 4.42 Å². The number of nitrogens with zero attached hydrogens (tertiary/aromatic N) is 1. The fourth-order valence-corrected chi connectivity index (χ4v) is 1.27. The van der Waals surface area contributed by atoms with Crippen LogP contribution in [0.3, 0.4) is 0 Å². The second-order valence-corrected chi connectivity index (χ2v) is 3.09. The Bertz CT molecular complexity index is 500. The maximum absolute atomic E-state index is 12.7. The normalized spacial score (nSPS) is 11.4. The molecule has 2 aromatic rings. The van der Waals surface area contributed by atoms with E-state index >= 15 is 0 Å². The van der Waals surface area contributed by atoms with Crippen molar-refractivity contribution < 1.29 is 13.6 Å². The number of aromatic nitrogens is 1. The van der Waals surface area contributed by atoms with Gasteiger partial charge in [-0.25, -0.2) is 9.37 Å². The zero-order valence-electron chi connectivity index (χ0n) is 8.26. The summed E-state index contributed by atoms with van der Waals surface area (Å²) in [5.74, 6) is -0.00320. The van der Waals surface area contributed by atoms with Crippen LogP contribution in [0.25, 0.3) is 11.6 Å². The van der Waals surface area contributed by atoms with Crippen LogP contribution in [0.4, 0.5) is 4.39 Å². The zero-order chi connectivity index (χ0) is 11.4. The summed E-state index contributed by atoms with van der Waals surface area (Å²) in [7, 11) is 0. The molecule has 0 atom stereocenters. The van der Waals surface area contributed by atoms with Crippen LogP contribution >= 0.6 is 0 Å². The molecule has 0 saturated heterocycles. The number of benzene rings is 1. The van der Waals surface area contributed by atoms with Gasteiger partial charge in [0.1, 0.15) is 12.1 Å². The third-order valence-corrected chi connectivity index (χ3v) is 2.03. The van der Waals surface area contributed by atoms with Crippen molar-refractivity contribution in [3.8, 4) is 0 Å². The van der Waals surface area contributed by atoms with Gasteiger partial charge in [-0.1, -0.05) is 12.1 Å². The van der Waals surface area contributed by atoms with Crippen molar-refractivity contribution in [1.29, 1.82) is 0 Å². The largest absolute Gasteiger partial charge is 0.445 e. The van der Waals surface area contributed by atoms with E-state index in [1.54, 1.807) is 0 Å². The highest BCUT2D eigenvalue weighted by molar-refractivity contribution is 6.12. The molecule has 0 aliphatic heterocycles. The number of aldehydes is 1. The molecule has 16 heavy (non-hydrogen) atoms. The fraction of sp³-hybridized carbons (Fsp3) is 0. The molecule has 0 amide bonds. The molecule has 80 valence electrons. The average Bonchev–Trinajstić information content (AvgIpc) is 2.80. The Hall–Kier alpha value is -2.23. The molecule has 0 spiro atoms. The minimum Gasteiger partial charge on any atom is -0.445 e. The summed E-state index contributed by atoms with van der Waals surface area (Å²) in [6.07, 6.45) is 5.08. The summed E-state index contributed by atoms with van der Waals surface area (Å²) in [5.41, 5.74) is 1.01. The molecule has 0 bridgehead atoms. The lowest BCUT2D eigenvalue weighted by atomic mass is 10.1. The van der Waals surface area contributed by atoms with Gasteiger partial charge in [0.25, 0.3) is 0 Å². The molecule has 0 unspecified atom stereocenters. The topological polar surface area (TPSA) is 43.1 Å². The Labute approximate surface area is 91.2 Å². The number of allylic oxidation sites excluding steroid dienone is 1. The van der Waals surface area contributed by atoms with Crippen molar-refractivity contribution >= 4 is 17.9 Å². The van der Waals surface area contributed by atoms with Gasteiger partial charge in [0.15, 0.2) is 6.29 Å². The van der Waals surface area contributed by atoms with Gasteiger partial charge in [0, 0.05) is 11.6 Å². The number of carbonyl (C=O) groups is 1. The van der Waals surface area contributed by atoms with Crippen molar-refractivity contribution in [1.82, 2.24) is 4.98 Å². The molecule has 2 rings (SSSR count). The first-order valence-electron chi connectivity index (χ1n) is 4.62. The second-order valence-electron chi connectivity index (χ2n) is 3.09. The predicted molar refractivity (Wildman–Crippen MR) is 56.8 cm³/mol. The molecule has 3 nitrogen and oxygen atoms in total. The van der Waals surface area contributed by atoms with E-state index in [9.17, 15) is 9.18 Å². The Morgan fingerprint density at radius 1 is 1.31 bits per heavy atom. The molecule has 1 aromatic carbocycles. The first kappa shape index (κ1) is 10.3. The Morgan fingerprint density at radius 3 is 2.62 bits per heavy atom. The highest BCUT2D eigenvalue weighted by Gasteiger charge is 2.02. The lowest BCUT2D eigenvalue weighted by Crippen LogP contribution is -1.86. The van der Waals surface area contributed by atoms with Crippen molar-refractivity contribution in [3.63, 3.8) is 0 Å². The first-order chi connectivity index (χ1) is 7.79. The molecule has 1 heterocycles. The molecular weight excluding hydrogens is 209 g/mol. The van der Waals surface area contributed by atoms with Gasteiger partial charge in [-0.3, -0.25) is 4.79 Å². The van der Waals surface area contributed by atoms with E-state index in [0.717, 1.165) is 0 Å². The third kappa shape index (κ3) is 2.23. The van der Waals surface area contributed by atoms with Crippen molar-refractivity contribution in [2.45, 2.75) is 0 Å². The minimum absolute atomic E-state index is 0.339. The maximum atomic E-state index is 12.7. The molecule has 0 aliphatic rings. The quantitative estimate of drug-likeness (QED) is 0.586. The van der Waals surface area contributed by atoms with Crippen LogP contribution in [-0.4, -0.2) is 11.3 Å². The van der Waals surface area contributed by atoms with Gasteiger partial charge in [-0.2, -0.15) is 0 Å². The molecule has 0 N–H and O–H groups in total. The van der Waals surface area contributed by atoms with Crippen LogP contribution < -0.4 is 0 Å². The second kappa shape index (κ2) is 4.53. The van der Waals surface area contributed by atoms with Gasteiger partial charge >= 0.3 is 0 Å². The number of halogens is 1. The summed E-state index contributed by atoms with van der Waals surface area (Å²) in [6.45, 7) is 0. The van der Waals surface area contributed by atoms with Crippen LogP contribution in [0.2, 0.25) is 0 Å². The number of oxazole rings is 1. The van der Waals surface area contributed by atoms with Gasteiger partial charge in [-0.05, 0) is 17.7 Å².